The molecule has 0 heterocycles. The Morgan fingerprint density at radius 3 is 2.45 bits per heavy atom. The first-order valence-electron chi connectivity index (χ1n) is 6.90. The van der Waals surface area contributed by atoms with E-state index in [9.17, 15) is 0 Å². The molecule has 0 aliphatic heterocycles. The summed E-state index contributed by atoms with van der Waals surface area (Å²) in [5, 5.41) is 4.36. The summed E-state index contributed by atoms with van der Waals surface area (Å²) >= 11 is 9.74. The molecule has 104 valence electrons. The molecule has 2 aromatic rings. The van der Waals surface area contributed by atoms with E-state index in [0.29, 0.717) is 12.0 Å². The molecular formula is C17H17BrClN. The molecule has 2 aromatic carbocycles. The van der Waals surface area contributed by atoms with Crippen LogP contribution >= 0.6 is 27.5 Å². The Bertz CT molecular complexity index is 603. The van der Waals surface area contributed by atoms with Gasteiger partial charge in [0.1, 0.15) is 0 Å². The SMILES string of the molecule is Cc1ccc(NC2CC(c3ccc(Br)cc3)C2)c(Cl)c1. The molecular weight excluding hydrogens is 334 g/mol. The average molecular weight is 351 g/mol. The zero-order chi connectivity index (χ0) is 14.1. The van der Waals surface area contributed by atoms with E-state index in [0.717, 1.165) is 15.2 Å². The molecule has 1 nitrogen and oxygen atoms in total. The summed E-state index contributed by atoms with van der Waals surface area (Å²) in [7, 11) is 0. The molecule has 0 atom stereocenters. The summed E-state index contributed by atoms with van der Waals surface area (Å²) in [4.78, 5) is 0. The summed E-state index contributed by atoms with van der Waals surface area (Å²) < 4.78 is 1.14. The van der Waals surface area contributed by atoms with Gasteiger partial charge >= 0.3 is 0 Å². The maximum Gasteiger partial charge on any atom is 0.0640 e. The van der Waals surface area contributed by atoms with Crippen LogP contribution in [0.5, 0.6) is 0 Å². The molecule has 1 aliphatic rings. The highest BCUT2D eigenvalue weighted by Crippen LogP contribution is 2.39. The third-order valence-corrected chi connectivity index (χ3v) is 4.81. The van der Waals surface area contributed by atoms with Crippen molar-refractivity contribution in [2.45, 2.75) is 31.7 Å². The van der Waals surface area contributed by atoms with Gasteiger partial charge in [-0.2, -0.15) is 0 Å². The van der Waals surface area contributed by atoms with Crippen LogP contribution in [0.4, 0.5) is 5.69 Å². The normalized spacial score (nSPS) is 21.4. The molecule has 0 amide bonds. The first-order chi connectivity index (χ1) is 9.61. The van der Waals surface area contributed by atoms with Crippen LogP contribution in [0.25, 0.3) is 0 Å². The number of anilines is 1. The van der Waals surface area contributed by atoms with Gasteiger partial charge in [-0.3, -0.25) is 0 Å². The van der Waals surface area contributed by atoms with Crippen LogP contribution in [0, 0.1) is 6.92 Å². The van der Waals surface area contributed by atoms with Gasteiger partial charge in [0.15, 0.2) is 0 Å². The lowest BCUT2D eigenvalue weighted by molar-refractivity contribution is 0.374. The summed E-state index contributed by atoms with van der Waals surface area (Å²) in [6.45, 7) is 2.06. The lowest BCUT2D eigenvalue weighted by atomic mass is 9.76. The molecule has 0 spiro atoms. The van der Waals surface area contributed by atoms with E-state index in [2.05, 4.69) is 64.6 Å². The summed E-state index contributed by atoms with van der Waals surface area (Å²) in [6, 6.07) is 15.4. The van der Waals surface area contributed by atoms with E-state index in [-0.39, 0.29) is 0 Å². The first kappa shape index (κ1) is 14.0. The Morgan fingerprint density at radius 1 is 1.10 bits per heavy atom. The van der Waals surface area contributed by atoms with Crippen LogP contribution in [0.3, 0.4) is 0 Å². The third kappa shape index (κ3) is 3.02. The number of nitrogens with one attached hydrogen (secondary N) is 1. The fourth-order valence-electron chi connectivity index (χ4n) is 2.70. The second-order valence-corrected chi connectivity index (χ2v) is 6.87. The molecule has 1 aliphatic carbocycles. The van der Waals surface area contributed by atoms with Gasteiger partial charge in [-0.25, -0.2) is 0 Å². The highest BCUT2D eigenvalue weighted by Gasteiger charge is 2.30. The van der Waals surface area contributed by atoms with Crippen LogP contribution < -0.4 is 5.32 Å². The van der Waals surface area contributed by atoms with Crippen molar-refractivity contribution in [2.24, 2.45) is 0 Å². The monoisotopic (exact) mass is 349 g/mol. The summed E-state index contributed by atoms with van der Waals surface area (Å²) in [5.41, 5.74) is 3.68. The molecule has 0 saturated heterocycles. The maximum absolute atomic E-state index is 6.26. The van der Waals surface area contributed by atoms with E-state index < -0.39 is 0 Å². The van der Waals surface area contributed by atoms with Crippen LogP contribution in [0.2, 0.25) is 5.02 Å². The lowest BCUT2D eigenvalue weighted by Crippen LogP contribution is -2.34. The van der Waals surface area contributed by atoms with Crippen molar-refractivity contribution in [3.63, 3.8) is 0 Å². The van der Waals surface area contributed by atoms with E-state index in [1.807, 2.05) is 6.07 Å². The van der Waals surface area contributed by atoms with Gasteiger partial charge < -0.3 is 5.32 Å². The van der Waals surface area contributed by atoms with Crippen LogP contribution in [0.1, 0.15) is 29.9 Å². The van der Waals surface area contributed by atoms with Gasteiger partial charge in [-0.15, -0.1) is 0 Å². The number of hydrogen-bond donors (Lipinski definition) is 1. The number of aryl methyl sites for hydroxylation is 1. The smallest absolute Gasteiger partial charge is 0.0640 e. The summed E-state index contributed by atoms with van der Waals surface area (Å²) in [5.74, 6) is 0.671. The standard InChI is InChI=1S/C17H17BrClN/c1-11-2-7-17(16(19)8-11)20-15-9-13(10-15)12-3-5-14(18)6-4-12/h2-8,13,15,20H,9-10H2,1H3. The second kappa shape index (κ2) is 5.79. The Hall–Kier alpha value is -0.990. The van der Waals surface area contributed by atoms with E-state index >= 15 is 0 Å². The Labute approximate surface area is 133 Å². The molecule has 0 unspecified atom stereocenters. The first-order valence-corrected chi connectivity index (χ1v) is 8.07. The quantitative estimate of drug-likeness (QED) is 0.741. The predicted octanol–water partition coefficient (Wildman–Crippen LogP) is 5.77. The molecule has 1 N–H and O–H groups in total. The molecule has 3 rings (SSSR count). The Morgan fingerprint density at radius 2 is 1.80 bits per heavy atom. The van der Waals surface area contributed by atoms with E-state index in [1.54, 1.807) is 0 Å². The Balaban J connectivity index is 1.59. The molecule has 1 saturated carbocycles. The van der Waals surface area contributed by atoms with Crippen molar-refractivity contribution in [2.75, 3.05) is 5.32 Å². The van der Waals surface area contributed by atoms with E-state index in [1.165, 1.54) is 24.0 Å². The molecule has 0 bridgehead atoms. The highest BCUT2D eigenvalue weighted by atomic mass is 79.9. The predicted molar refractivity (Wildman–Crippen MR) is 89.7 cm³/mol. The van der Waals surface area contributed by atoms with Gasteiger partial charge in [-0.05, 0) is 61.1 Å². The number of hydrogen-bond acceptors (Lipinski definition) is 1. The van der Waals surface area contributed by atoms with E-state index in [4.69, 9.17) is 11.6 Å². The fraction of sp³-hybridized carbons (Fsp3) is 0.294. The van der Waals surface area contributed by atoms with Gasteiger partial charge in [0.05, 0.1) is 10.7 Å². The van der Waals surface area contributed by atoms with Gasteiger partial charge in [0, 0.05) is 10.5 Å². The number of halogens is 2. The second-order valence-electron chi connectivity index (χ2n) is 5.54. The molecule has 1 fully saturated rings. The van der Waals surface area contributed by atoms with Crippen molar-refractivity contribution < 1.29 is 0 Å². The lowest BCUT2D eigenvalue weighted by Gasteiger charge is -2.37. The van der Waals surface area contributed by atoms with Crippen molar-refractivity contribution >= 4 is 33.2 Å². The summed E-state index contributed by atoms with van der Waals surface area (Å²) in [6.07, 6.45) is 2.34. The van der Waals surface area contributed by atoms with Gasteiger partial charge in [0.25, 0.3) is 0 Å². The van der Waals surface area contributed by atoms with Gasteiger partial charge in [-0.1, -0.05) is 45.7 Å². The average Bonchev–Trinajstić information content (AvgIpc) is 2.37. The number of rotatable bonds is 3. The van der Waals surface area contributed by atoms with Crippen LogP contribution in [-0.4, -0.2) is 6.04 Å². The fourth-order valence-corrected chi connectivity index (χ4v) is 3.25. The van der Waals surface area contributed by atoms with Crippen LogP contribution in [0.15, 0.2) is 46.9 Å². The molecule has 3 heteroatoms. The van der Waals surface area contributed by atoms with Crippen LogP contribution in [-0.2, 0) is 0 Å². The topological polar surface area (TPSA) is 12.0 Å². The molecule has 20 heavy (non-hydrogen) atoms. The zero-order valence-electron chi connectivity index (χ0n) is 11.4. The third-order valence-electron chi connectivity index (χ3n) is 3.96. The minimum Gasteiger partial charge on any atom is -0.381 e. The molecule has 0 aromatic heterocycles. The van der Waals surface area contributed by atoms with Crippen molar-refractivity contribution in [1.82, 2.24) is 0 Å². The zero-order valence-corrected chi connectivity index (χ0v) is 13.7. The minimum atomic E-state index is 0.531. The maximum atomic E-state index is 6.26. The molecule has 0 radical (unpaired) electrons. The van der Waals surface area contributed by atoms with Crippen molar-refractivity contribution in [3.05, 3.63) is 63.1 Å². The Kier molecular flexibility index (Phi) is 4.04. The van der Waals surface area contributed by atoms with Crippen molar-refractivity contribution in [3.8, 4) is 0 Å². The van der Waals surface area contributed by atoms with Crippen molar-refractivity contribution in [1.29, 1.82) is 0 Å². The highest BCUT2D eigenvalue weighted by molar-refractivity contribution is 9.10. The number of benzene rings is 2. The van der Waals surface area contributed by atoms with Gasteiger partial charge in [0.2, 0.25) is 0 Å². The minimum absolute atomic E-state index is 0.531. The largest absolute Gasteiger partial charge is 0.381 e.